The second kappa shape index (κ2) is 5.69. The molecular weight excluding hydrogens is 291 g/mol. The summed E-state index contributed by atoms with van der Waals surface area (Å²) >= 11 is 13.1. The van der Waals surface area contributed by atoms with Crippen LogP contribution in [0.5, 0.6) is 0 Å². The molecule has 0 radical (unpaired) electrons. The topological polar surface area (TPSA) is 42.0 Å². The summed E-state index contributed by atoms with van der Waals surface area (Å²) in [4.78, 5) is 16.9. The van der Waals surface area contributed by atoms with E-state index >= 15 is 0 Å². The van der Waals surface area contributed by atoms with Crippen molar-refractivity contribution in [2.75, 3.05) is 0 Å². The van der Waals surface area contributed by atoms with Crippen LogP contribution in [-0.4, -0.2) is 10.9 Å². The third-order valence-corrected chi connectivity index (χ3v) is 3.97. The average Bonchev–Trinajstić information content (AvgIpc) is 2.76. The van der Waals surface area contributed by atoms with Crippen LogP contribution in [0.15, 0.2) is 30.5 Å². The maximum absolute atomic E-state index is 11.9. The Morgan fingerprint density at radius 3 is 2.78 bits per heavy atom. The highest BCUT2D eigenvalue weighted by atomic mass is 35.5. The molecule has 0 aliphatic heterocycles. The normalized spacial score (nSPS) is 12.2. The summed E-state index contributed by atoms with van der Waals surface area (Å²) in [5.41, 5.74) is 0.303. The lowest BCUT2D eigenvalue weighted by Gasteiger charge is -2.11. The lowest BCUT2D eigenvalue weighted by atomic mass is 10.2. The summed E-state index contributed by atoms with van der Waals surface area (Å²) in [5.74, 6) is -0.255. The Bertz CT molecular complexity index is 571. The van der Waals surface area contributed by atoms with Gasteiger partial charge < -0.3 is 5.32 Å². The number of hydrogen-bond acceptors (Lipinski definition) is 3. The maximum atomic E-state index is 11.9. The van der Waals surface area contributed by atoms with Crippen LogP contribution in [0.1, 0.15) is 28.3 Å². The number of carbonyl (C=O) groups excluding carboxylic acids is 1. The summed E-state index contributed by atoms with van der Waals surface area (Å²) in [6.07, 6.45) is 1.50. The number of amides is 1. The van der Waals surface area contributed by atoms with Crippen LogP contribution >= 0.6 is 34.5 Å². The van der Waals surface area contributed by atoms with Gasteiger partial charge in [0.25, 0.3) is 5.91 Å². The fourth-order valence-electron chi connectivity index (χ4n) is 1.43. The Labute approximate surface area is 119 Å². The lowest BCUT2D eigenvalue weighted by Crippen LogP contribution is -2.26. The number of hydrogen-bond donors (Lipinski definition) is 1. The highest BCUT2D eigenvalue weighted by Crippen LogP contribution is 2.26. The predicted molar refractivity (Wildman–Crippen MR) is 74.5 cm³/mol. The molecule has 0 saturated heterocycles. The molecular formula is C12H10Cl2N2OS. The largest absolute Gasteiger partial charge is 0.343 e. The molecule has 0 unspecified atom stereocenters. The second-order valence-electron chi connectivity index (χ2n) is 3.70. The van der Waals surface area contributed by atoms with Gasteiger partial charge in [-0.3, -0.25) is 9.78 Å². The number of nitrogens with one attached hydrogen (secondary N) is 1. The first-order chi connectivity index (χ1) is 8.56. The Kier molecular flexibility index (Phi) is 4.22. The molecule has 0 aromatic carbocycles. The van der Waals surface area contributed by atoms with Crippen molar-refractivity contribution in [3.8, 4) is 0 Å². The van der Waals surface area contributed by atoms with E-state index < -0.39 is 0 Å². The third-order valence-electron chi connectivity index (χ3n) is 2.32. The Morgan fingerprint density at radius 1 is 1.39 bits per heavy atom. The number of nitrogens with zero attached hydrogens (tertiary/aromatic N) is 1. The van der Waals surface area contributed by atoms with Gasteiger partial charge in [0.1, 0.15) is 5.69 Å². The summed E-state index contributed by atoms with van der Waals surface area (Å²) < 4.78 is 0.701. The number of carbonyl (C=O) groups is 1. The molecule has 2 aromatic rings. The van der Waals surface area contributed by atoms with Gasteiger partial charge in [0.05, 0.1) is 10.4 Å². The van der Waals surface area contributed by atoms with Gasteiger partial charge in [0.15, 0.2) is 0 Å². The van der Waals surface area contributed by atoms with Crippen molar-refractivity contribution in [3.05, 3.63) is 50.4 Å². The van der Waals surface area contributed by atoms with Crippen molar-refractivity contribution in [2.24, 2.45) is 0 Å². The number of rotatable bonds is 3. The van der Waals surface area contributed by atoms with E-state index in [0.717, 1.165) is 4.88 Å². The van der Waals surface area contributed by atoms with E-state index in [0.29, 0.717) is 15.1 Å². The SMILES string of the molecule is C[C@@H](NC(=O)c1cc(Cl)ccn1)c1ccc(Cl)s1. The number of halogens is 2. The highest BCUT2D eigenvalue weighted by molar-refractivity contribution is 7.16. The zero-order valence-corrected chi connectivity index (χ0v) is 11.8. The van der Waals surface area contributed by atoms with Crippen molar-refractivity contribution in [3.63, 3.8) is 0 Å². The molecule has 2 rings (SSSR count). The van der Waals surface area contributed by atoms with E-state index in [9.17, 15) is 4.79 Å². The molecule has 0 bridgehead atoms. The average molecular weight is 301 g/mol. The van der Waals surface area contributed by atoms with Gasteiger partial charge in [0, 0.05) is 16.1 Å². The van der Waals surface area contributed by atoms with E-state index in [4.69, 9.17) is 23.2 Å². The van der Waals surface area contributed by atoms with Crippen molar-refractivity contribution >= 4 is 40.4 Å². The van der Waals surface area contributed by atoms with Crippen molar-refractivity contribution in [2.45, 2.75) is 13.0 Å². The van der Waals surface area contributed by atoms with Gasteiger partial charge >= 0.3 is 0 Å². The highest BCUT2D eigenvalue weighted by Gasteiger charge is 2.14. The van der Waals surface area contributed by atoms with Crippen molar-refractivity contribution < 1.29 is 4.79 Å². The van der Waals surface area contributed by atoms with Gasteiger partial charge in [-0.25, -0.2) is 0 Å². The van der Waals surface area contributed by atoms with Crippen molar-refractivity contribution in [1.29, 1.82) is 0 Å². The summed E-state index contributed by atoms with van der Waals surface area (Å²) in [6, 6.07) is 6.74. The molecule has 0 fully saturated rings. The van der Waals surface area contributed by atoms with Gasteiger partial charge in [-0.15, -0.1) is 11.3 Å². The molecule has 2 aromatic heterocycles. The van der Waals surface area contributed by atoms with Gasteiger partial charge in [0.2, 0.25) is 0 Å². The minimum absolute atomic E-state index is 0.115. The van der Waals surface area contributed by atoms with E-state index in [-0.39, 0.29) is 11.9 Å². The zero-order valence-electron chi connectivity index (χ0n) is 9.48. The van der Waals surface area contributed by atoms with Crippen LogP contribution in [0.25, 0.3) is 0 Å². The van der Waals surface area contributed by atoms with Crippen molar-refractivity contribution in [1.82, 2.24) is 10.3 Å². The fraction of sp³-hybridized carbons (Fsp3) is 0.167. The van der Waals surface area contributed by atoms with Crippen LogP contribution < -0.4 is 5.32 Å². The number of aromatic nitrogens is 1. The van der Waals surface area contributed by atoms with E-state index in [1.165, 1.54) is 23.6 Å². The fourth-order valence-corrected chi connectivity index (χ4v) is 2.65. The number of thiophene rings is 1. The van der Waals surface area contributed by atoms with Gasteiger partial charge in [-0.1, -0.05) is 23.2 Å². The summed E-state index contributed by atoms with van der Waals surface area (Å²) in [6.45, 7) is 1.89. The molecule has 0 aliphatic carbocycles. The smallest absolute Gasteiger partial charge is 0.270 e. The first kappa shape index (κ1) is 13.3. The molecule has 94 valence electrons. The van der Waals surface area contributed by atoms with E-state index in [1.54, 1.807) is 6.07 Å². The third kappa shape index (κ3) is 3.22. The van der Waals surface area contributed by atoms with Gasteiger partial charge in [-0.2, -0.15) is 0 Å². The van der Waals surface area contributed by atoms with Crippen LogP contribution in [0, 0.1) is 0 Å². The second-order valence-corrected chi connectivity index (χ2v) is 5.88. The molecule has 3 nitrogen and oxygen atoms in total. The van der Waals surface area contributed by atoms with E-state index in [1.807, 2.05) is 19.1 Å². The zero-order chi connectivity index (χ0) is 13.1. The molecule has 18 heavy (non-hydrogen) atoms. The van der Waals surface area contributed by atoms with Crippen LogP contribution in [0.2, 0.25) is 9.36 Å². The lowest BCUT2D eigenvalue weighted by molar-refractivity contribution is 0.0935. The molecule has 1 amide bonds. The molecule has 6 heteroatoms. The monoisotopic (exact) mass is 300 g/mol. The standard InChI is InChI=1S/C12H10Cl2N2OS/c1-7(10-2-3-11(14)18-10)16-12(17)9-6-8(13)4-5-15-9/h2-7H,1H3,(H,16,17)/t7-/m1/s1. The Morgan fingerprint density at radius 2 is 2.17 bits per heavy atom. The summed E-state index contributed by atoms with van der Waals surface area (Å²) in [7, 11) is 0. The van der Waals surface area contributed by atoms with Crippen LogP contribution in [0.3, 0.4) is 0 Å². The molecule has 1 atom stereocenters. The first-order valence-electron chi connectivity index (χ1n) is 5.24. The van der Waals surface area contributed by atoms with Gasteiger partial charge in [-0.05, 0) is 31.2 Å². The summed E-state index contributed by atoms with van der Waals surface area (Å²) in [5, 5.41) is 3.33. The molecule has 2 heterocycles. The van der Waals surface area contributed by atoms with Crippen LogP contribution in [0.4, 0.5) is 0 Å². The minimum Gasteiger partial charge on any atom is -0.343 e. The molecule has 1 N–H and O–H groups in total. The quantitative estimate of drug-likeness (QED) is 0.933. The van der Waals surface area contributed by atoms with E-state index in [2.05, 4.69) is 10.3 Å². The Balaban J connectivity index is 2.08. The van der Waals surface area contributed by atoms with Crippen LogP contribution in [-0.2, 0) is 0 Å². The maximum Gasteiger partial charge on any atom is 0.270 e. The first-order valence-corrected chi connectivity index (χ1v) is 6.81. The Hall–Kier alpha value is -1.10. The number of pyridine rings is 1. The molecule has 0 saturated carbocycles. The molecule has 0 spiro atoms. The predicted octanol–water partition coefficient (Wildman–Crippen LogP) is 3.94. The minimum atomic E-state index is -0.255. The molecule has 0 aliphatic rings.